The van der Waals surface area contributed by atoms with Gasteiger partial charge in [-0.1, -0.05) is 5.16 Å². The maximum Gasteiger partial charge on any atom is 0.181 e. The third-order valence-electron chi connectivity index (χ3n) is 3.78. The summed E-state index contributed by atoms with van der Waals surface area (Å²) in [5.41, 5.74) is 2.23. The molecule has 2 heterocycles. The molecule has 0 fully saturated rings. The number of hydrogen-bond donors (Lipinski definition) is 0. The summed E-state index contributed by atoms with van der Waals surface area (Å²) in [5, 5.41) is 3.98. The highest BCUT2D eigenvalue weighted by atomic mass is 32.2. The predicted molar refractivity (Wildman–Crippen MR) is 87.7 cm³/mol. The van der Waals surface area contributed by atoms with Crippen molar-refractivity contribution in [3.8, 4) is 22.4 Å². The zero-order chi connectivity index (χ0) is 18.4. The summed E-state index contributed by atoms with van der Waals surface area (Å²) in [7, 11) is -4.03. The third kappa shape index (κ3) is 3.05. The fourth-order valence-corrected chi connectivity index (χ4v) is 3.52. The van der Waals surface area contributed by atoms with Crippen molar-refractivity contribution in [1.82, 2.24) is 10.1 Å². The molecule has 0 radical (unpaired) electrons. The van der Waals surface area contributed by atoms with E-state index in [0.717, 1.165) is 18.4 Å². The van der Waals surface area contributed by atoms with E-state index in [2.05, 4.69) is 10.1 Å². The molecule has 2 aromatic heterocycles. The Morgan fingerprint density at radius 1 is 1.12 bits per heavy atom. The molecule has 0 amide bonds. The van der Waals surface area contributed by atoms with Gasteiger partial charge in [0, 0.05) is 23.7 Å². The van der Waals surface area contributed by atoms with Crippen molar-refractivity contribution < 1.29 is 21.7 Å². The van der Waals surface area contributed by atoms with Gasteiger partial charge in [-0.3, -0.25) is 4.98 Å². The van der Waals surface area contributed by atoms with E-state index in [9.17, 15) is 17.2 Å². The lowest BCUT2D eigenvalue weighted by atomic mass is 9.98. The molecule has 0 saturated heterocycles. The molecule has 5 nitrogen and oxygen atoms in total. The minimum Gasteiger partial charge on any atom is -0.360 e. The predicted octanol–water partition coefficient (Wildman–Crippen LogP) is 3.70. The minimum absolute atomic E-state index is 0.138. The maximum atomic E-state index is 14.3. The summed E-state index contributed by atoms with van der Waals surface area (Å²) in [6.07, 6.45) is 2.37. The van der Waals surface area contributed by atoms with Gasteiger partial charge in [0.05, 0.1) is 5.56 Å². The molecule has 0 aliphatic carbocycles. The number of rotatable bonds is 3. The lowest BCUT2D eigenvalue weighted by Gasteiger charge is -2.08. The summed E-state index contributed by atoms with van der Waals surface area (Å²) >= 11 is 0. The number of sulfone groups is 1. The number of aromatic nitrogens is 2. The lowest BCUT2D eigenvalue weighted by Crippen LogP contribution is -2.05. The highest BCUT2D eigenvalue weighted by molar-refractivity contribution is 7.90. The molecular formula is C17H14F2N2O3S. The Morgan fingerprint density at radius 2 is 1.76 bits per heavy atom. The van der Waals surface area contributed by atoms with E-state index in [1.54, 1.807) is 32.2 Å². The van der Waals surface area contributed by atoms with Crippen LogP contribution in [0, 0.1) is 25.5 Å². The average molecular weight is 364 g/mol. The van der Waals surface area contributed by atoms with Crippen molar-refractivity contribution in [2.75, 3.05) is 6.26 Å². The zero-order valence-corrected chi connectivity index (χ0v) is 14.5. The van der Waals surface area contributed by atoms with Gasteiger partial charge in [0.25, 0.3) is 0 Å². The van der Waals surface area contributed by atoms with E-state index in [1.807, 2.05) is 0 Å². The Labute approximate surface area is 143 Å². The number of hydrogen-bond acceptors (Lipinski definition) is 5. The van der Waals surface area contributed by atoms with Crippen molar-refractivity contribution in [3.05, 3.63) is 53.6 Å². The number of halogens is 2. The molecule has 0 aliphatic rings. The first-order chi connectivity index (χ1) is 11.7. The van der Waals surface area contributed by atoms with Crippen molar-refractivity contribution in [2.45, 2.75) is 18.7 Å². The first-order valence-electron chi connectivity index (χ1n) is 7.28. The molecule has 0 bridgehead atoms. The SMILES string of the molecule is Cc1ncccc1-c1noc(C)c1-c1cc(F)c(S(C)(=O)=O)c(F)c1. The molecule has 0 spiro atoms. The standard InChI is InChI=1S/C17H14F2N2O3S/c1-9-12(5-4-6-20-9)16-15(10(2)24-21-16)11-7-13(18)17(14(19)8-11)25(3,22)23/h4-8H,1-3H3. The maximum absolute atomic E-state index is 14.3. The summed E-state index contributed by atoms with van der Waals surface area (Å²) in [6.45, 7) is 3.38. The van der Waals surface area contributed by atoms with E-state index in [-0.39, 0.29) is 5.56 Å². The van der Waals surface area contributed by atoms with Crippen LogP contribution in [-0.4, -0.2) is 24.8 Å². The van der Waals surface area contributed by atoms with Crippen molar-refractivity contribution in [3.63, 3.8) is 0 Å². The molecule has 0 saturated carbocycles. The van der Waals surface area contributed by atoms with Gasteiger partial charge >= 0.3 is 0 Å². The van der Waals surface area contributed by atoms with Crippen LogP contribution >= 0.6 is 0 Å². The molecule has 25 heavy (non-hydrogen) atoms. The average Bonchev–Trinajstić information content (AvgIpc) is 2.87. The van der Waals surface area contributed by atoms with Gasteiger partial charge in [0.15, 0.2) is 9.84 Å². The summed E-state index contributed by atoms with van der Waals surface area (Å²) in [5.74, 6) is -1.97. The second-order valence-electron chi connectivity index (χ2n) is 5.64. The Morgan fingerprint density at radius 3 is 2.32 bits per heavy atom. The first kappa shape index (κ1) is 17.2. The molecule has 0 N–H and O–H groups in total. The summed E-state index contributed by atoms with van der Waals surface area (Å²) in [6, 6.07) is 5.41. The van der Waals surface area contributed by atoms with Crippen LogP contribution in [0.2, 0.25) is 0 Å². The fourth-order valence-electron chi connectivity index (χ4n) is 2.69. The Bertz CT molecular complexity index is 1050. The molecule has 0 atom stereocenters. The smallest absolute Gasteiger partial charge is 0.181 e. The van der Waals surface area contributed by atoms with Crippen LogP contribution in [0.1, 0.15) is 11.5 Å². The molecule has 1 aromatic carbocycles. The zero-order valence-electron chi connectivity index (χ0n) is 13.7. The third-order valence-corrected chi connectivity index (χ3v) is 4.91. The first-order valence-corrected chi connectivity index (χ1v) is 9.17. The number of nitrogens with zero attached hydrogens (tertiary/aromatic N) is 2. The van der Waals surface area contributed by atoms with Gasteiger partial charge in [-0.15, -0.1) is 0 Å². The molecule has 3 aromatic rings. The molecule has 0 unspecified atom stereocenters. The van der Waals surface area contributed by atoms with Crippen LogP contribution in [0.5, 0.6) is 0 Å². The number of benzene rings is 1. The fraction of sp³-hybridized carbons (Fsp3) is 0.176. The van der Waals surface area contributed by atoms with Crippen molar-refractivity contribution >= 4 is 9.84 Å². The van der Waals surface area contributed by atoms with Crippen LogP contribution in [-0.2, 0) is 9.84 Å². The Kier molecular flexibility index (Phi) is 4.16. The highest BCUT2D eigenvalue weighted by Gasteiger charge is 2.24. The molecule has 130 valence electrons. The lowest BCUT2D eigenvalue weighted by molar-refractivity contribution is 0.400. The molecule has 0 aliphatic heterocycles. The largest absolute Gasteiger partial charge is 0.360 e. The summed E-state index contributed by atoms with van der Waals surface area (Å²) in [4.78, 5) is 3.22. The number of pyridine rings is 1. The molecule has 8 heteroatoms. The van der Waals surface area contributed by atoms with E-state index in [4.69, 9.17) is 4.52 Å². The topological polar surface area (TPSA) is 73.1 Å². The van der Waals surface area contributed by atoms with Gasteiger partial charge in [-0.25, -0.2) is 17.2 Å². The van der Waals surface area contributed by atoms with Crippen LogP contribution in [0.15, 0.2) is 39.9 Å². The van der Waals surface area contributed by atoms with Gasteiger partial charge < -0.3 is 4.52 Å². The van der Waals surface area contributed by atoms with E-state index in [1.165, 1.54) is 0 Å². The van der Waals surface area contributed by atoms with Crippen LogP contribution in [0.3, 0.4) is 0 Å². The number of aryl methyl sites for hydroxylation is 2. The van der Waals surface area contributed by atoms with Crippen LogP contribution < -0.4 is 0 Å². The van der Waals surface area contributed by atoms with Gasteiger partial charge in [-0.2, -0.15) is 0 Å². The highest BCUT2D eigenvalue weighted by Crippen LogP contribution is 2.37. The summed E-state index contributed by atoms with van der Waals surface area (Å²) < 4.78 is 56.8. The second kappa shape index (κ2) is 6.03. The monoisotopic (exact) mass is 364 g/mol. The van der Waals surface area contributed by atoms with Gasteiger partial charge in [0.2, 0.25) is 0 Å². The van der Waals surface area contributed by atoms with E-state index < -0.39 is 26.4 Å². The molecular weight excluding hydrogens is 350 g/mol. The van der Waals surface area contributed by atoms with Gasteiger partial charge in [-0.05, 0) is 43.7 Å². The van der Waals surface area contributed by atoms with Gasteiger partial charge in [0.1, 0.15) is 28.0 Å². The van der Waals surface area contributed by atoms with Crippen molar-refractivity contribution in [1.29, 1.82) is 0 Å². The van der Waals surface area contributed by atoms with E-state index in [0.29, 0.717) is 28.3 Å². The minimum atomic E-state index is -4.03. The van der Waals surface area contributed by atoms with Crippen LogP contribution in [0.4, 0.5) is 8.78 Å². The Balaban J connectivity index is 2.26. The molecule has 3 rings (SSSR count). The van der Waals surface area contributed by atoms with Crippen molar-refractivity contribution in [2.24, 2.45) is 0 Å². The van der Waals surface area contributed by atoms with E-state index >= 15 is 0 Å². The van der Waals surface area contributed by atoms with Crippen LogP contribution in [0.25, 0.3) is 22.4 Å². The second-order valence-corrected chi connectivity index (χ2v) is 7.59. The Hall–Kier alpha value is -2.61. The quantitative estimate of drug-likeness (QED) is 0.708. The normalized spacial score (nSPS) is 11.7.